The van der Waals surface area contributed by atoms with Crippen molar-refractivity contribution in [1.29, 1.82) is 0 Å². The molecule has 1 saturated carbocycles. The zero-order valence-corrected chi connectivity index (χ0v) is 17.0. The number of non-ortho nitro benzene ring substituents is 1. The Morgan fingerprint density at radius 2 is 1.67 bits per heavy atom. The van der Waals surface area contributed by atoms with Gasteiger partial charge in [0.15, 0.2) is 0 Å². The summed E-state index contributed by atoms with van der Waals surface area (Å²) in [5.74, 6) is 0. The number of hydrogen-bond acceptors (Lipinski definition) is 6. The third-order valence-electron chi connectivity index (χ3n) is 4.95. The van der Waals surface area contributed by atoms with Crippen molar-refractivity contribution in [2.75, 3.05) is 0 Å². The summed E-state index contributed by atoms with van der Waals surface area (Å²) in [5, 5.41) is 13.5. The molecule has 0 bridgehead atoms. The molecule has 0 saturated heterocycles. The number of carbonyl (C=O) groups is 1. The van der Waals surface area contributed by atoms with Crippen molar-refractivity contribution >= 4 is 21.8 Å². The SMILES string of the molecule is O=C(N[C@H]1CCCC[C@@H]1NS(=O)(=O)c1ccc([N+](=O)[O-])cc1)OCc1ccccc1. The molecule has 1 aliphatic rings. The largest absolute Gasteiger partial charge is 0.445 e. The summed E-state index contributed by atoms with van der Waals surface area (Å²) in [7, 11) is -3.89. The Bertz CT molecular complexity index is 979. The Kier molecular flexibility index (Phi) is 7.01. The number of sulfonamides is 1. The van der Waals surface area contributed by atoms with Gasteiger partial charge in [0.1, 0.15) is 6.61 Å². The monoisotopic (exact) mass is 433 g/mol. The van der Waals surface area contributed by atoms with Crippen LogP contribution in [0.5, 0.6) is 0 Å². The number of nitro groups is 1. The van der Waals surface area contributed by atoms with Crippen LogP contribution < -0.4 is 10.0 Å². The van der Waals surface area contributed by atoms with Gasteiger partial charge < -0.3 is 10.1 Å². The van der Waals surface area contributed by atoms with E-state index in [1.54, 1.807) is 0 Å². The van der Waals surface area contributed by atoms with Gasteiger partial charge >= 0.3 is 6.09 Å². The van der Waals surface area contributed by atoms with Crippen molar-refractivity contribution in [3.63, 3.8) is 0 Å². The molecule has 2 aromatic rings. The highest BCUT2D eigenvalue weighted by Gasteiger charge is 2.31. The smallest absolute Gasteiger partial charge is 0.407 e. The number of benzene rings is 2. The lowest BCUT2D eigenvalue weighted by atomic mass is 9.91. The van der Waals surface area contributed by atoms with Gasteiger partial charge in [-0.25, -0.2) is 17.9 Å². The lowest BCUT2D eigenvalue weighted by Crippen LogP contribution is -2.53. The van der Waals surface area contributed by atoms with Gasteiger partial charge in [-0.2, -0.15) is 0 Å². The number of hydrogen-bond donors (Lipinski definition) is 2. The highest BCUT2D eigenvalue weighted by molar-refractivity contribution is 7.89. The first-order chi connectivity index (χ1) is 14.3. The minimum Gasteiger partial charge on any atom is -0.445 e. The second kappa shape index (κ2) is 9.68. The quantitative estimate of drug-likeness (QED) is 0.510. The summed E-state index contributed by atoms with van der Waals surface area (Å²) in [6.07, 6.45) is 2.26. The van der Waals surface area contributed by atoms with Gasteiger partial charge in [-0.05, 0) is 30.5 Å². The second-order valence-electron chi connectivity index (χ2n) is 7.08. The molecule has 9 nitrogen and oxygen atoms in total. The lowest BCUT2D eigenvalue weighted by Gasteiger charge is -2.32. The number of nitro benzene ring substituents is 1. The zero-order chi connectivity index (χ0) is 21.6. The number of alkyl carbamates (subject to hydrolysis) is 1. The Balaban J connectivity index is 1.61. The molecule has 30 heavy (non-hydrogen) atoms. The first-order valence-corrected chi connectivity index (χ1v) is 11.1. The molecule has 2 aromatic carbocycles. The van der Waals surface area contributed by atoms with Crippen LogP contribution in [0.25, 0.3) is 0 Å². The predicted molar refractivity (Wildman–Crippen MR) is 109 cm³/mol. The molecule has 2 N–H and O–H groups in total. The van der Waals surface area contributed by atoms with Crippen LogP contribution in [0.3, 0.4) is 0 Å². The molecule has 0 unspecified atom stereocenters. The van der Waals surface area contributed by atoms with E-state index in [1.165, 1.54) is 12.1 Å². The van der Waals surface area contributed by atoms with Gasteiger partial charge in [0.2, 0.25) is 10.0 Å². The molecule has 0 radical (unpaired) electrons. The molecule has 160 valence electrons. The van der Waals surface area contributed by atoms with Gasteiger partial charge in [-0.15, -0.1) is 0 Å². The van der Waals surface area contributed by atoms with Crippen molar-refractivity contribution in [1.82, 2.24) is 10.0 Å². The van der Waals surface area contributed by atoms with Crippen molar-refractivity contribution in [3.05, 3.63) is 70.3 Å². The molecule has 0 heterocycles. The van der Waals surface area contributed by atoms with Gasteiger partial charge in [0.05, 0.1) is 9.82 Å². The third-order valence-corrected chi connectivity index (χ3v) is 6.45. The number of nitrogens with one attached hydrogen (secondary N) is 2. The summed E-state index contributed by atoms with van der Waals surface area (Å²) in [4.78, 5) is 22.3. The summed E-state index contributed by atoms with van der Waals surface area (Å²) in [6, 6.07) is 13.0. The molecule has 1 fully saturated rings. The topological polar surface area (TPSA) is 128 Å². The summed E-state index contributed by atoms with van der Waals surface area (Å²) in [5.41, 5.74) is 0.666. The van der Waals surface area contributed by atoms with E-state index in [1.807, 2.05) is 30.3 Å². The van der Waals surface area contributed by atoms with Crippen LogP contribution in [0, 0.1) is 10.1 Å². The molecule has 3 rings (SSSR count). The average molecular weight is 433 g/mol. The predicted octanol–water partition coefficient (Wildman–Crippen LogP) is 3.11. The number of ether oxygens (including phenoxy) is 1. The van der Waals surface area contributed by atoms with E-state index in [4.69, 9.17) is 4.74 Å². The maximum absolute atomic E-state index is 12.7. The summed E-state index contributed by atoms with van der Waals surface area (Å²) in [6.45, 7) is 0.124. The maximum atomic E-state index is 12.7. The van der Waals surface area contributed by atoms with Crippen LogP contribution in [0.15, 0.2) is 59.5 Å². The molecule has 0 aromatic heterocycles. The van der Waals surface area contributed by atoms with Crippen LogP contribution in [0.4, 0.5) is 10.5 Å². The van der Waals surface area contributed by atoms with E-state index in [0.717, 1.165) is 30.5 Å². The Hall–Kier alpha value is -2.98. The van der Waals surface area contributed by atoms with Crippen LogP contribution in [-0.2, 0) is 21.4 Å². The third kappa shape index (κ3) is 5.77. The van der Waals surface area contributed by atoms with E-state index in [0.29, 0.717) is 12.8 Å². The summed E-state index contributed by atoms with van der Waals surface area (Å²) < 4.78 is 33.3. The average Bonchev–Trinajstić information content (AvgIpc) is 2.74. The van der Waals surface area contributed by atoms with Gasteiger partial charge in [-0.1, -0.05) is 43.2 Å². The Labute approximate surface area is 174 Å². The minimum absolute atomic E-state index is 0.0657. The van der Waals surface area contributed by atoms with Crippen LogP contribution in [-0.4, -0.2) is 31.5 Å². The normalized spacial score (nSPS) is 19.1. The van der Waals surface area contributed by atoms with E-state index < -0.39 is 33.1 Å². The minimum atomic E-state index is -3.89. The zero-order valence-electron chi connectivity index (χ0n) is 16.2. The fourth-order valence-electron chi connectivity index (χ4n) is 3.38. The van der Waals surface area contributed by atoms with Gasteiger partial charge in [-0.3, -0.25) is 10.1 Å². The lowest BCUT2D eigenvalue weighted by molar-refractivity contribution is -0.384. The number of amides is 1. The van der Waals surface area contributed by atoms with E-state index in [9.17, 15) is 23.3 Å². The Morgan fingerprint density at radius 3 is 2.30 bits per heavy atom. The fraction of sp³-hybridized carbons (Fsp3) is 0.350. The van der Waals surface area contributed by atoms with Crippen molar-refractivity contribution in [2.45, 2.75) is 49.3 Å². The fourth-order valence-corrected chi connectivity index (χ4v) is 4.69. The maximum Gasteiger partial charge on any atom is 0.407 e. The first kappa shape index (κ1) is 21.7. The van der Waals surface area contributed by atoms with E-state index >= 15 is 0 Å². The van der Waals surface area contributed by atoms with Gasteiger partial charge in [0, 0.05) is 24.2 Å². The van der Waals surface area contributed by atoms with Crippen LogP contribution in [0.1, 0.15) is 31.2 Å². The number of rotatable bonds is 7. The van der Waals surface area contributed by atoms with Crippen molar-refractivity contribution in [2.24, 2.45) is 0 Å². The van der Waals surface area contributed by atoms with Crippen molar-refractivity contribution < 1.29 is 22.9 Å². The first-order valence-electron chi connectivity index (χ1n) is 9.59. The molecule has 1 aliphatic carbocycles. The molecule has 2 atom stereocenters. The van der Waals surface area contributed by atoms with Gasteiger partial charge in [0.25, 0.3) is 5.69 Å². The highest BCUT2D eigenvalue weighted by atomic mass is 32.2. The van der Waals surface area contributed by atoms with Crippen LogP contribution in [0.2, 0.25) is 0 Å². The molecular formula is C20H23N3O6S. The molecule has 10 heteroatoms. The number of carbonyl (C=O) groups excluding carboxylic acids is 1. The number of nitrogens with zero attached hydrogens (tertiary/aromatic N) is 1. The summed E-state index contributed by atoms with van der Waals surface area (Å²) >= 11 is 0. The molecule has 1 amide bonds. The highest BCUT2D eigenvalue weighted by Crippen LogP contribution is 2.22. The molecule has 0 spiro atoms. The van der Waals surface area contributed by atoms with E-state index in [-0.39, 0.29) is 17.2 Å². The van der Waals surface area contributed by atoms with Crippen LogP contribution >= 0.6 is 0 Å². The second-order valence-corrected chi connectivity index (χ2v) is 8.79. The van der Waals surface area contributed by atoms with Crippen molar-refractivity contribution in [3.8, 4) is 0 Å². The molecule has 0 aliphatic heterocycles. The molecular weight excluding hydrogens is 410 g/mol. The van der Waals surface area contributed by atoms with E-state index in [2.05, 4.69) is 10.0 Å². The standard InChI is InChI=1S/C20H23N3O6S/c24-20(29-14-15-6-2-1-3-7-15)21-18-8-4-5-9-19(18)22-30(27,28)17-12-10-16(11-13-17)23(25)26/h1-3,6-7,10-13,18-19,22H,4-5,8-9,14H2,(H,21,24)/t18-,19-/m0/s1. The Morgan fingerprint density at radius 1 is 1.03 bits per heavy atom.